The van der Waals surface area contributed by atoms with E-state index in [0.717, 1.165) is 11.3 Å². The minimum Gasteiger partial charge on any atom is -0.465 e. The Kier molecular flexibility index (Phi) is 7.16. The zero-order valence-electron chi connectivity index (χ0n) is 22.1. The van der Waals surface area contributed by atoms with Crippen molar-refractivity contribution in [2.75, 3.05) is 18.0 Å². The Morgan fingerprint density at radius 1 is 1.19 bits per heavy atom. The zero-order chi connectivity index (χ0) is 27.4. The van der Waals surface area contributed by atoms with Crippen LogP contribution in [0.1, 0.15) is 58.7 Å². The number of carboxylic acid groups (broad SMARTS) is 1. The Hall–Kier alpha value is -2.91. The fourth-order valence-corrected chi connectivity index (χ4v) is 5.77. The van der Waals surface area contributed by atoms with Crippen molar-refractivity contribution >= 4 is 46.1 Å². The molecule has 9 nitrogen and oxygen atoms in total. The molecule has 1 amide bonds. The molecule has 37 heavy (non-hydrogen) atoms. The molecule has 1 fully saturated rings. The van der Waals surface area contributed by atoms with Gasteiger partial charge in [0, 0.05) is 25.3 Å². The predicted molar refractivity (Wildman–Crippen MR) is 147 cm³/mol. The Labute approximate surface area is 226 Å². The predicted octanol–water partition coefficient (Wildman–Crippen LogP) is 5.52. The molecule has 4 heterocycles. The number of aryl methyl sites for hydroxylation is 1. The maximum Gasteiger partial charge on any atom is 0.407 e. The maximum atomic E-state index is 13.8. The highest BCUT2D eigenvalue weighted by Gasteiger charge is 2.44. The molecule has 2 atom stereocenters. The summed E-state index contributed by atoms with van der Waals surface area (Å²) in [6.45, 7) is 14.5. The van der Waals surface area contributed by atoms with E-state index in [2.05, 4.69) is 15.0 Å². The van der Waals surface area contributed by atoms with Crippen LogP contribution in [0.4, 0.5) is 10.6 Å². The quantitative estimate of drug-likeness (QED) is 0.431. The fourth-order valence-electron chi connectivity index (χ4n) is 5.48. The van der Waals surface area contributed by atoms with Crippen molar-refractivity contribution in [3.05, 3.63) is 50.2 Å². The van der Waals surface area contributed by atoms with Gasteiger partial charge in [0.1, 0.15) is 11.0 Å². The third-order valence-corrected chi connectivity index (χ3v) is 7.63. The lowest BCUT2D eigenvalue weighted by molar-refractivity contribution is 0.0562. The van der Waals surface area contributed by atoms with E-state index in [-0.39, 0.29) is 40.1 Å². The van der Waals surface area contributed by atoms with Gasteiger partial charge < -0.3 is 14.9 Å². The standard InChI is InChI=1S/C26H32Cl2N6O3/c1-13(2)18-19(14(3)8-9-29-18)34-23-16(12-17(27)21(28)30-23)22(31-24(34)35)32-10-11-33(25(36)37)20(15(32)4)26(5,6)7/h8-9,12-13,15,20H,10-11H2,1-7H3,(H,36,37)/t15?,20-/m1/s1. The highest BCUT2D eigenvalue weighted by atomic mass is 35.5. The minimum atomic E-state index is -0.968. The fraction of sp³-hybridized carbons (Fsp3) is 0.500. The first-order valence-corrected chi connectivity index (χ1v) is 13.0. The van der Waals surface area contributed by atoms with Crippen LogP contribution in [0.15, 0.2) is 23.1 Å². The second-order valence-electron chi connectivity index (χ2n) is 10.9. The van der Waals surface area contributed by atoms with Gasteiger partial charge >= 0.3 is 11.8 Å². The third-order valence-electron chi connectivity index (χ3n) is 6.95. The van der Waals surface area contributed by atoms with Crippen LogP contribution >= 0.6 is 23.2 Å². The normalized spacial score (nSPS) is 18.6. The van der Waals surface area contributed by atoms with E-state index in [9.17, 15) is 14.7 Å². The summed E-state index contributed by atoms with van der Waals surface area (Å²) in [5, 5.41) is 10.7. The number of amides is 1. The summed E-state index contributed by atoms with van der Waals surface area (Å²) in [4.78, 5) is 42.9. The first-order chi connectivity index (χ1) is 17.2. The van der Waals surface area contributed by atoms with Gasteiger partial charge in [0.15, 0.2) is 5.65 Å². The molecule has 0 radical (unpaired) electrons. The van der Waals surface area contributed by atoms with Gasteiger partial charge in [-0.2, -0.15) is 4.98 Å². The van der Waals surface area contributed by atoms with Gasteiger partial charge in [-0.15, -0.1) is 0 Å². The molecule has 1 N–H and O–H groups in total. The topological polar surface area (TPSA) is 104 Å². The van der Waals surface area contributed by atoms with E-state index in [1.807, 2.05) is 59.4 Å². The van der Waals surface area contributed by atoms with Crippen molar-refractivity contribution in [1.29, 1.82) is 0 Å². The highest BCUT2D eigenvalue weighted by molar-refractivity contribution is 6.41. The first kappa shape index (κ1) is 27.1. The van der Waals surface area contributed by atoms with Crippen LogP contribution in [-0.4, -0.2) is 60.8 Å². The zero-order valence-corrected chi connectivity index (χ0v) is 23.6. The van der Waals surface area contributed by atoms with Gasteiger partial charge in [-0.25, -0.2) is 19.1 Å². The summed E-state index contributed by atoms with van der Waals surface area (Å²) in [7, 11) is 0. The molecule has 0 saturated carbocycles. The average molecular weight is 547 g/mol. The molecule has 0 aliphatic carbocycles. The van der Waals surface area contributed by atoms with E-state index in [0.29, 0.717) is 29.1 Å². The molecule has 0 spiro atoms. The highest BCUT2D eigenvalue weighted by Crippen LogP contribution is 2.37. The van der Waals surface area contributed by atoms with Crippen LogP contribution < -0.4 is 10.6 Å². The van der Waals surface area contributed by atoms with Crippen molar-refractivity contribution in [3.63, 3.8) is 0 Å². The Bertz CT molecular complexity index is 1430. The first-order valence-electron chi connectivity index (χ1n) is 12.2. The van der Waals surface area contributed by atoms with Crippen molar-refractivity contribution in [2.24, 2.45) is 5.41 Å². The van der Waals surface area contributed by atoms with E-state index in [4.69, 9.17) is 23.2 Å². The van der Waals surface area contributed by atoms with Crippen LogP contribution in [0.5, 0.6) is 0 Å². The number of pyridine rings is 2. The summed E-state index contributed by atoms with van der Waals surface area (Å²) in [6.07, 6.45) is 0.751. The van der Waals surface area contributed by atoms with E-state index < -0.39 is 11.8 Å². The molecule has 1 saturated heterocycles. The molecule has 198 valence electrons. The average Bonchev–Trinajstić information content (AvgIpc) is 2.79. The molecule has 11 heteroatoms. The maximum absolute atomic E-state index is 13.8. The lowest BCUT2D eigenvalue weighted by atomic mass is 9.80. The number of hydrogen-bond acceptors (Lipinski definition) is 6. The molecule has 3 aromatic heterocycles. The van der Waals surface area contributed by atoms with Crippen LogP contribution in [0, 0.1) is 12.3 Å². The number of nitrogens with zero attached hydrogens (tertiary/aromatic N) is 6. The lowest BCUT2D eigenvalue weighted by Crippen LogP contribution is -2.64. The number of fused-ring (bicyclic) bond motifs is 1. The van der Waals surface area contributed by atoms with Crippen LogP contribution in [0.2, 0.25) is 10.2 Å². The summed E-state index contributed by atoms with van der Waals surface area (Å²) in [5.41, 5.74) is 1.64. The number of carbonyl (C=O) groups is 1. The molecular formula is C26H32Cl2N6O3. The van der Waals surface area contributed by atoms with Crippen molar-refractivity contribution in [3.8, 4) is 5.69 Å². The van der Waals surface area contributed by atoms with Gasteiger partial charge in [0.25, 0.3) is 0 Å². The Balaban J connectivity index is 2.01. The molecule has 1 aliphatic rings. The van der Waals surface area contributed by atoms with Gasteiger partial charge in [-0.1, -0.05) is 57.8 Å². The number of rotatable bonds is 3. The van der Waals surface area contributed by atoms with Crippen LogP contribution in [0.25, 0.3) is 16.7 Å². The Morgan fingerprint density at radius 2 is 1.86 bits per heavy atom. The summed E-state index contributed by atoms with van der Waals surface area (Å²) in [6, 6.07) is 2.89. The molecule has 4 rings (SSSR count). The molecular weight excluding hydrogens is 515 g/mol. The van der Waals surface area contributed by atoms with E-state index >= 15 is 0 Å². The lowest BCUT2D eigenvalue weighted by Gasteiger charge is -2.51. The van der Waals surface area contributed by atoms with Gasteiger partial charge in [-0.05, 0) is 42.9 Å². The molecule has 1 unspecified atom stereocenters. The van der Waals surface area contributed by atoms with Crippen LogP contribution in [0.3, 0.4) is 0 Å². The smallest absolute Gasteiger partial charge is 0.407 e. The summed E-state index contributed by atoms with van der Waals surface area (Å²) < 4.78 is 1.46. The minimum absolute atomic E-state index is 0.0379. The number of halogens is 2. The largest absolute Gasteiger partial charge is 0.465 e. The number of hydrogen-bond donors (Lipinski definition) is 1. The number of piperazine rings is 1. The van der Waals surface area contributed by atoms with Gasteiger partial charge in [0.2, 0.25) is 0 Å². The monoisotopic (exact) mass is 546 g/mol. The van der Waals surface area contributed by atoms with E-state index in [1.54, 1.807) is 12.3 Å². The number of aromatic nitrogens is 4. The number of anilines is 1. The summed E-state index contributed by atoms with van der Waals surface area (Å²) >= 11 is 12.8. The second kappa shape index (κ2) is 9.76. The SMILES string of the molecule is Cc1ccnc(C(C)C)c1-n1c(=O)nc(N2CCN(C(=O)O)[C@@H](C(C)(C)C)C2C)c2cc(Cl)c(Cl)nc21. The van der Waals surface area contributed by atoms with Gasteiger partial charge in [-0.3, -0.25) is 4.98 Å². The Morgan fingerprint density at radius 3 is 2.46 bits per heavy atom. The van der Waals surface area contributed by atoms with Crippen LogP contribution in [-0.2, 0) is 0 Å². The third kappa shape index (κ3) is 4.75. The second-order valence-corrected chi connectivity index (χ2v) is 11.7. The van der Waals surface area contributed by atoms with Crippen molar-refractivity contribution in [2.45, 2.75) is 66.5 Å². The molecule has 1 aliphatic heterocycles. The van der Waals surface area contributed by atoms with Gasteiger partial charge in [0.05, 0.1) is 27.8 Å². The molecule has 3 aromatic rings. The molecule has 0 bridgehead atoms. The molecule has 0 aromatic carbocycles. The van der Waals surface area contributed by atoms with Crippen molar-refractivity contribution in [1.82, 2.24) is 24.4 Å². The van der Waals surface area contributed by atoms with E-state index in [1.165, 1.54) is 9.47 Å². The van der Waals surface area contributed by atoms with Crippen molar-refractivity contribution < 1.29 is 9.90 Å². The summed E-state index contributed by atoms with van der Waals surface area (Å²) in [5.74, 6) is 0.442.